The second kappa shape index (κ2) is 4.57. The number of carbonyl (C=O) groups is 2. The van der Waals surface area contributed by atoms with E-state index in [-0.39, 0.29) is 11.5 Å². The summed E-state index contributed by atoms with van der Waals surface area (Å²) in [6.07, 6.45) is 3.02. The van der Waals surface area contributed by atoms with Gasteiger partial charge in [0.05, 0.1) is 12.1 Å². The minimum atomic E-state index is -0.933. The first-order valence-electron chi connectivity index (χ1n) is 6.54. The Morgan fingerprint density at radius 1 is 1.37 bits per heavy atom. The van der Waals surface area contributed by atoms with Gasteiger partial charge in [0, 0.05) is 18.3 Å². The van der Waals surface area contributed by atoms with E-state index < -0.39 is 5.97 Å². The molecule has 0 saturated heterocycles. The molecule has 0 radical (unpaired) electrons. The molecule has 2 N–H and O–H groups in total. The van der Waals surface area contributed by atoms with Gasteiger partial charge in [-0.2, -0.15) is 0 Å². The molecule has 0 atom stereocenters. The highest BCUT2D eigenvalue weighted by molar-refractivity contribution is 5.90. The molecule has 1 heterocycles. The zero-order chi connectivity index (χ0) is 13.4. The highest BCUT2D eigenvalue weighted by Crippen LogP contribution is 2.29. The number of rotatable bonds is 4. The van der Waals surface area contributed by atoms with Crippen LogP contribution < -0.4 is 10.2 Å². The van der Waals surface area contributed by atoms with E-state index in [1.165, 1.54) is 0 Å². The first-order chi connectivity index (χ1) is 9.13. The van der Waals surface area contributed by atoms with Gasteiger partial charge >= 0.3 is 5.97 Å². The summed E-state index contributed by atoms with van der Waals surface area (Å²) in [5, 5.41) is 12.0. The molecule has 5 nitrogen and oxygen atoms in total. The van der Waals surface area contributed by atoms with Crippen molar-refractivity contribution in [2.45, 2.75) is 25.3 Å². The lowest BCUT2D eigenvalue weighted by Gasteiger charge is -2.19. The van der Waals surface area contributed by atoms with E-state index in [4.69, 9.17) is 5.11 Å². The van der Waals surface area contributed by atoms with Crippen molar-refractivity contribution in [3.05, 3.63) is 29.3 Å². The molecule has 0 bridgehead atoms. The van der Waals surface area contributed by atoms with E-state index in [2.05, 4.69) is 5.32 Å². The van der Waals surface area contributed by atoms with Crippen LogP contribution in [0.5, 0.6) is 0 Å². The second-order valence-electron chi connectivity index (χ2n) is 5.16. The van der Waals surface area contributed by atoms with Crippen LogP contribution in [0, 0.1) is 0 Å². The van der Waals surface area contributed by atoms with Crippen LogP contribution >= 0.6 is 0 Å². The zero-order valence-electron chi connectivity index (χ0n) is 10.6. The highest BCUT2D eigenvalue weighted by atomic mass is 16.4. The van der Waals surface area contributed by atoms with Gasteiger partial charge in [0.1, 0.15) is 0 Å². The van der Waals surface area contributed by atoms with E-state index in [1.807, 2.05) is 11.0 Å². The Hall–Kier alpha value is -2.04. The maximum atomic E-state index is 11.8. The fourth-order valence-corrected chi connectivity index (χ4v) is 2.42. The van der Waals surface area contributed by atoms with Crippen molar-refractivity contribution in [2.24, 2.45) is 0 Å². The normalized spacial score (nSPS) is 17.2. The van der Waals surface area contributed by atoms with Crippen molar-refractivity contribution < 1.29 is 14.7 Å². The highest BCUT2D eigenvalue weighted by Gasteiger charge is 2.26. The summed E-state index contributed by atoms with van der Waals surface area (Å²) in [6.45, 7) is 1.09. The van der Waals surface area contributed by atoms with Crippen molar-refractivity contribution in [1.82, 2.24) is 5.32 Å². The Morgan fingerprint density at radius 3 is 2.84 bits per heavy atom. The van der Waals surface area contributed by atoms with Crippen molar-refractivity contribution in [2.75, 3.05) is 18.0 Å². The molecule has 1 amide bonds. The summed E-state index contributed by atoms with van der Waals surface area (Å²) >= 11 is 0. The minimum absolute atomic E-state index is 0.0241. The van der Waals surface area contributed by atoms with Gasteiger partial charge in [0.15, 0.2) is 0 Å². The third-order valence-corrected chi connectivity index (χ3v) is 3.60. The number of aromatic carboxylic acids is 1. The maximum absolute atomic E-state index is 11.8. The molecule has 1 fully saturated rings. The Morgan fingerprint density at radius 2 is 2.16 bits per heavy atom. The van der Waals surface area contributed by atoms with Crippen LogP contribution in [0.2, 0.25) is 0 Å². The second-order valence-corrected chi connectivity index (χ2v) is 5.16. The van der Waals surface area contributed by atoms with Crippen molar-refractivity contribution >= 4 is 17.6 Å². The number of nitrogens with zero attached hydrogens (tertiary/aromatic N) is 1. The van der Waals surface area contributed by atoms with Crippen LogP contribution in [0.25, 0.3) is 0 Å². The molecule has 1 saturated carbocycles. The predicted molar refractivity (Wildman–Crippen MR) is 70.5 cm³/mol. The predicted octanol–water partition coefficient (Wildman–Crippen LogP) is 1.03. The number of amides is 1. The number of fused-ring (bicyclic) bond motifs is 1. The summed E-state index contributed by atoms with van der Waals surface area (Å²) in [4.78, 5) is 24.8. The molecule has 1 aromatic carbocycles. The average Bonchev–Trinajstić information content (AvgIpc) is 3.09. The number of carbonyl (C=O) groups excluding carboxylic acids is 1. The monoisotopic (exact) mass is 260 g/mol. The van der Waals surface area contributed by atoms with Gasteiger partial charge in [-0.05, 0) is 37.0 Å². The van der Waals surface area contributed by atoms with Gasteiger partial charge in [0.2, 0.25) is 5.91 Å². The lowest BCUT2D eigenvalue weighted by molar-refractivity contribution is -0.119. The van der Waals surface area contributed by atoms with Crippen molar-refractivity contribution in [3.63, 3.8) is 0 Å². The molecule has 2 aliphatic rings. The van der Waals surface area contributed by atoms with E-state index in [0.717, 1.165) is 37.1 Å². The molecule has 19 heavy (non-hydrogen) atoms. The van der Waals surface area contributed by atoms with Gasteiger partial charge in [-0.3, -0.25) is 4.79 Å². The molecule has 100 valence electrons. The average molecular weight is 260 g/mol. The van der Waals surface area contributed by atoms with E-state index >= 15 is 0 Å². The van der Waals surface area contributed by atoms with Crippen molar-refractivity contribution in [1.29, 1.82) is 0 Å². The Balaban J connectivity index is 1.74. The molecule has 3 rings (SSSR count). The summed E-state index contributed by atoms with van der Waals surface area (Å²) in [7, 11) is 0. The smallest absolute Gasteiger partial charge is 0.335 e. The Kier molecular flexibility index (Phi) is 2.89. The first-order valence-corrected chi connectivity index (χ1v) is 6.54. The zero-order valence-corrected chi connectivity index (χ0v) is 10.6. The third-order valence-electron chi connectivity index (χ3n) is 3.60. The van der Waals surface area contributed by atoms with E-state index in [1.54, 1.807) is 12.1 Å². The molecule has 5 heteroatoms. The molecule has 0 spiro atoms. The lowest BCUT2D eigenvalue weighted by Crippen LogP contribution is -2.37. The molecular formula is C14H16N2O3. The molecule has 1 aromatic rings. The summed E-state index contributed by atoms with van der Waals surface area (Å²) < 4.78 is 0. The number of carboxylic acids is 1. The Bertz CT molecular complexity index is 537. The van der Waals surface area contributed by atoms with Gasteiger partial charge in [0.25, 0.3) is 0 Å². The molecular weight excluding hydrogens is 244 g/mol. The quantitative estimate of drug-likeness (QED) is 0.848. The molecule has 1 aliphatic carbocycles. The fourth-order valence-electron chi connectivity index (χ4n) is 2.42. The summed E-state index contributed by atoms with van der Waals surface area (Å²) in [6, 6.07) is 5.49. The molecule has 1 aliphatic heterocycles. The standard InChI is InChI=1S/C14H16N2O3/c17-13(15-11-3-4-11)8-16-6-5-9-1-2-10(14(18)19)7-12(9)16/h1-2,7,11H,3-6,8H2,(H,15,17)(H,18,19). The number of hydrogen-bond donors (Lipinski definition) is 2. The topological polar surface area (TPSA) is 69.6 Å². The number of nitrogens with one attached hydrogen (secondary N) is 1. The number of hydrogen-bond acceptors (Lipinski definition) is 3. The van der Waals surface area contributed by atoms with Crippen LogP contribution in [0.4, 0.5) is 5.69 Å². The summed E-state index contributed by atoms with van der Waals surface area (Å²) in [5.41, 5.74) is 2.27. The van der Waals surface area contributed by atoms with Crippen molar-refractivity contribution in [3.8, 4) is 0 Å². The molecule has 0 unspecified atom stereocenters. The fraction of sp³-hybridized carbons (Fsp3) is 0.429. The van der Waals surface area contributed by atoms with Gasteiger partial charge in [-0.15, -0.1) is 0 Å². The number of carboxylic acid groups (broad SMARTS) is 1. The maximum Gasteiger partial charge on any atom is 0.335 e. The number of benzene rings is 1. The van der Waals surface area contributed by atoms with Crippen LogP contribution in [0.15, 0.2) is 18.2 Å². The van der Waals surface area contributed by atoms with Gasteiger partial charge in [-0.25, -0.2) is 4.79 Å². The summed E-state index contributed by atoms with van der Waals surface area (Å²) in [5.74, 6) is -0.909. The molecule has 0 aromatic heterocycles. The van der Waals surface area contributed by atoms with Gasteiger partial charge in [-0.1, -0.05) is 6.07 Å². The minimum Gasteiger partial charge on any atom is -0.478 e. The number of anilines is 1. The van der Waals surface area contributed by atoms with Crippen LogP contribution in [0.3, 0.4) is 0 Å². The van der Waals surface area contributed by atoms with Crippen LogP contribution in [-0.2, 0) is 11.2 Å². The van der Waals surface area contributed by atoms with E-state index in [0.29, 0.717) is 12.6 Å². The Labute approximate surface area is 111 Å². The third kappa shape index (κ3) is 2.54. The largest absolute Gasteiger partial charge is 0.478 e. The van der Waals surface area contributed by atoms with Gasteiger partial charge < -0.3 is 15.3 Å². The first kappa shape index (κ1) is 12.0. The van der Waals surface area contributed by atoms with Crippen LogP contribution in [0.1, 0.15) is 28.8 Å². The SMILES string of the molecule is O=C(CN1CCc2ccc(C(=O)O)cc21)NC1CC1. The van der Waals surface area contributed by atoms with E-state index in [9.17, 15) is 9.59 Å². The lowest BCUT2D eigenvalue weighted by atomic mass is 10.1. The van der Waals surface area contributed by atoms with Crippen LogP contribution in [-0.4, -0.2) is 36.1 Å².